The smallest absolute Gasteiger partial charge is 0.133 e. The molecule has 0 bridgehead atoms. The summed E-state index contributed by atoms with van der Waals surface area (Å²) in [5.41, 5.74) is 0.946. The van der Waals surface area contributed by atoms with Crippen molar-refractivity contribution in [1.82, 2.24) is 15.2 Å². The maximum absolute atomic E-state index is 9.15. The Kier molecular flexibility index (Phi) is 4.92. The Morgan fingerprint density at radius 1 is 1.44 bits per heavy atom. The minimum Gasteiger partial charge on any atom is -0.506 e. The Morgan fingerprint density at radius 3 is 2.89 bits per heavy atom. The number of aromatic nitrogens is 1. The van der Waals surface area contributed by atoms with E-state index in [1.807, 2.05) is 6.07 Å². The van der Waals surface area contributed by atoms with E-state index in [2.05, 4.69) is 22.1 Å². The van der Waals surface area contributed by atoms with Gasteiger partial charge in [0.2, 0.25) is 0 Å². The number of hydrogen-bond donors (Lipinski definition) is 2. The van der Waals surface area contributed by atoms with E-state index in [1.54, 1.807) is 6.07 Å². The molecule has 1 atom stereocenters. The Morgan fingerprint density at radius 2 is 2.22 bits per heavy atom. The van der Waals surface area contributed by atoms with Gasteiger partial charge in [-0.3, -0.25) is 9.88 Å². The molecule has 2 rings (SSSR count). The molecule has 2 heterocycles. The molecule has 0 aliphatic carbocycles. The number of aromatic hydroxyl groups is 1. The van der Waals surface area contributed by atoms with Gasteiger partial charge < -0.3 is 15.2 Å². The highest BCUT2D eigenvalue weighted by atomic mass is 16.5. The summed E-state index contributed by atoms with van der Waals surface area (Å²) in [7, 11) is 0. The van der Waals surface area contributed by atoms with Crippen molar-refractivity contribution in [2.75, 3.05) is 32.8 Å². The fraction of sp³-hybridized carbons (Fsp3) is 0.615. The molecule has 1 aliphatic heterocycles. The first-order valence-corrected chi connectivity index (χ1v) is 6.41. The van der Waals surface area contributed by atoms with Crippen LogP contribution in [-0.4, -0.2) is 53.9 Å². The number of ether oxygens (including phenoxy) is 1. The molecule has 0 aromatic carbocycles. The summed E-state index contributed by atoms with van der Waals surface area (Å²) in [5.74, 6) is 0.208. The fourth-order valence-corrected chi connectivity index (χ4v) is 2.04. The lowest BCUT2D eigenvalue weighted by Gasteiger charge is -2.29. The van der Waals surface area contributed by atoms with E-state index in [1.165, 1.54) is 6.20 Å². The average Bonchev–Trinajstić information content (AvgIpc) is 2.39. The largest absolute Gasteiger partial charge is 0.506 e. The van der Waals surface area contributed by atoms with Crippen LogP contribution in [0.2, 0.25) is 0 Å². The van der Waals surface area contributed by atoms with Crippen LogP contribution < -0.4 is 5.32 Å². The highest BCUT2D eigenvalue weighted by Crippen LogP contribution is 2.06. The van der Waals surface area contributed by atoms with E-state index in [0.717, 1.165) is 45.1 Å². The molecule has 1 unspecified atom stereocenters. The van der Waals surface area contributed by atoms with Crippen LogP contribution in [0, 0.1) is 0 Å². The zero-order valence-electron chi connectivity index (χ0n) is 10.8. The Labute approximate surface area is 108 Å². The molecule has 1 aromatic heterocycles. The van der Waals surface area contributed by atoms with Crippen molar-refractivity contribution in [1.29, 1.82) is 0 Å². The van der Waals surface area contributed by atoms with Crippen LogP contribution in [0.4, 0.5) is 0 Å². The van der Waals surface area contributed by atoms with Crippen molar-refractivity contribution < 1.29 is 9.84 Å². The van der Waals surface area contributed by atoms with Gasteiger partial charge in [-0.15, -0.1) is 0 Å². The number of nitrogens with one attached hydrogen (secondary N) is 1. The number of hydrogen-bond acceptors (Lipinski definition) is 5. The van der Waals surface area contributed by atoms with Crippen LogP contribution in [0.1, 0.15) is 12.6 Å². The molecule has 1 fully saturated rings. The van der Waals surface area contributed by atoms with Gasteiger partial charge >= 0.3 is 0 Å². The van der Waals surface area contributed by atoms with Crippen LogP contribution in [0.15, 0.2) is 18.3 Å². The summed E-state index contributed by atoms with van der Waals surface area (Å²) in [6.45, 7) is 7.65. The monoisotopic (exact) mass is 251 g/mol. The predicted molar refractivity (Wildman–Crippen MR) is 69.5 cm³/mol. The van der Waals surface area contributed by atoms with Crippen LogP contribution in [0.25, 0.3) is 0 Å². The minimum absolute atomic E-state index is 0.208. The molecule has 18 heavy (non-hydrogen) atoms. The van der Waals surface area contributed by atoms with Crippen molar-refractivity contribution in [2.24, 2.45) is 0 Å². The second-order valence-electron chi connectivity index (χ2n) is 4.70. The van der Waals surface area contributed by atoms with Crippen LogP contribution in [0.5, 0.6) is 5.75 Å². The molecule has 0 amide bonds. The third-order valence-electron chi connectivity index (χ3n) is 3.08. The highest BCUT2D eigenvalue weighted by molar-refractivity contribution is 5.17. The molecule has 0 saturated carbocycles. The standard InChI is InChI=1S/C13H21N3O2/c1-11(10-16-4-6-18-7-5-16)14-8-12-2-3-13(17)9-15-12/h2-3,9,11,14,17H,4-8,10H2,1H3. The quantitative estimate of drug-likeness (QED) is 0.802. The van der Waals surface area contributed by atoms with E-state index in [9.17, 15) is 0 Å². The Bertz CT molecular complexity index is 350. The highest BCUT2D eigenvalue weighted by Gasteiger charge is 2.13. The molecule has 0 radical (unpaired) electrons. The van der Waals surface area contributed by atoms with Gasteiger partial charge in [0.1, 0.15) is 5.75 Å². The predicted octanol–water partition coefficient (Wildman–Crippen LogP) is 0.597. The van der Waals surface area contributed by atoms with Gasteiger partial charge in [-0.05, 0) is 19.1 Å². The van der Waals surface area contributed by atoms with Crippen molar-refractivity contribution in [3.05, 3.63) is 24.0 Å². The van der Waals surface area contributed by atoms with Gasteiger partial charge in [-0.2, -0.15) is 0 Å². The van der Waals surface area contributed by atoms with Crippen molar-refractivity contribution in [2.45, 2.75) is 19.5 Å². The number of nitrogens with zero attached hydrogens (tertiary/aromatic N) is 2. The van der Waals surface area contributed by atoms with Crippen LogP contribution in [0.3, 0.4) is 0 Å². The lowest BCUT2D eigenvalue weighted by Crippen LogP contribution is -2.44. The molecule has 1 saturated heterocycles. The summed E-state index contributed by atoms with van der Waals surface area (Å²) >= 11 is 0. The first-order chi connectivity index (χ1) is 8.74. The molecular formula is C13H21N3O2. The molecule has 0 spiro atoms. The zero-order chi connectivity index (χ0) is 12.8. The van der Waals surface area contributed by atoms with Gasteiger partial charge in [0, 0.05) is 32.2 Å². The lowest BCUT2D eigenvalue weighted by molar-refractivity contribution is 0.0343. The maximum atomic E-state index is 9.15. The maximum Gasteiger partial charge on any atom is 0.133 e. The van der Waals surface area contributed by atoms with Crippen molar-refractivity contribution in [3.8, 4) is 5.75 Å². The summed E-state index contributed by atoms with van der Waals surface area (Å²) < 4.78 is 5.33. The van der Waals surface area contributed by atoms with Gasteiger partial charge in [-0.1, -0.05) is 0 Å². The zero-order valence-corrected chi connectivity index (χ0v) is 10.8. The molecule has 1 aliphatic rings. The van der Waals surface area contributed by atoms with Gasteiger partial charge in [0.05, 0.1) is 25.1 Å². The van der Waals surface area contributed by atoms with E-state index in [4.69, 9.17) is 9.84 Å². The molecule has 2 N–H and O–H groups in total. The molecule has 1 aromatic rings. The molecule has 5 heteroatoms. The SMILES string of the molecule is CC(CN1CCOCC1)NCc1ccc(O)cn1. The third-order valence-corrected chi connectivity index (χ3v) is 3.08. The second kappa shape index (κ2) is 6.68. The lowest BCUT2D eigenvalue weighted by atomic mass is 10.2. The first-order valence-electron chi connectivity index (χ1n) is 6.41. The Balaban J connectivity index is 1.70. The number of morpholine rings is 1. The summed E-state index contributed by atoms with van der Waals surface area (Å²) in [4.78, 5) is 6.56. The topological polar surface area (TPSA) is 57.6 Å². The van der Waals surface area contributed by atoms with Gasteiger partial charge in [-0.25, -0.2) is 0 Å². The van der Waals surface area contributed by atoms with Gasteiger partial charge in [0.25, 0.3) is 0 Å². The molecule has 100 valence electrons. The number of rotatable bonds is 5. The van der Waals surface area contributed by atoms with E-state index in [-0.39, 0.29) is 5.75 Å². The minimum atomic E-state index is 0.208. The van der Waals surface area contributed by atoms with Crippen LogP contribution in [-0.2, 0) is 11.3 Å². The fourth-order valence-electron chi connectivity index (χ4n) is 2.04. The first kappa shape index (κ1) is 13.3. The summed E-state index contributed by atoms with van der Waals surface area (Å²) in [6.07, 6.45) is 1.48. The van der Waals surface area contributed by atoms with Crippen molar-refractivity contribution in [3.63, 3.8) is 0 Å². The summed E-state index contributed by atoms with van der Waals surface area (Å²) in [6, 6.07) is 3.92. The summed E-state index contributed by atoms with van der Waals surface area (Å²) in [5, 5.41) is 12.6. The van der Waals surface area contributed by atoms with E-state index >= 15 is 0 Å². The van der Waals surface area contributed by atoms with Crippen LogP contribution >= 0.6 is 0 Å². The van der Waals surface area contributed by atoms with E-state index < -0.39 is 0 Å². The Hall–Kier alpha value is -1.17. The van der Waals surface area contributed by atoms with Crippen molar-refractivity contribution >= 4 is 0 Å². The molecular weight excluding hydrogens is 230 g/mol. The second-order valence-corrected chi connectivity index (χ2v) is 4.70. The normalized spacial score (nSPS) is 18.7. The third kappa shape index (κ3) is 4.25. The average molecular weight is 251 g/mol. The molecule has 5 nitrogen and oxygen atoms in total. The van der Waals surface area contributed by atoms with Gasteiger partial charge in [0.15, 0.2) is 0 Å². The van der Waals surface area contributed by atoms with E-state index in [0.29, 0.717) is 6.04 Å². The number of pyridine rings is 1.